The van der Waals surface area contributed by atoms with Crippen LogP contribution in [0, 0.1) is 0 Å². The Hall–Kier alpha value is -2.83. The van der Waals surface area contributed by atoms with Gasteiger partial charge in [-0.05, 0) is 37.8 Å². The highest BCUT2D eigenvalue weighted by Crippen LogP contribution is 2.26. The van der Waals surface area contributed by atoms with Gasteiger partial charge in [0.25, 0.3) is 0 Å². The van der Waals surface area contributed by atoms with Crippen molar-refractivity contribution in [3.05, 3.63) is 41.1 Å². The minimum Gasteiger partial charge on any atom is -0.252 e. The molecule has 0 aromatic carbocycles. The van der Waals surface area contributed by atoms with Crippen molar-refractivity contribution in [3.8, 4) is 22.9 Å². The number of hydrogen-bond acceptors (Lipinski definition) is 7. The topological polar surface area (TPSA) is 90.2 Å². The highest BCUT2D eigenvalue weighted by Gasteiger charge is 2.17. The normalized spacial score (nSPS) is 10.9. The molecule has 0 saturated carbocycles. The molecule has 3 heterocycles. The van der Waals surface area contributed by atoms with Crippen LogP contribution in [-0.4, -0.2) is 35.3 Å². The Morgan fingerprint density at radius 3 is 1.77 bits per heavy atom. The van der Waals surface area contributed by atoms with E-state index in [4.69, 9.17) is 4.98 Å². The molecule has 0 amide bonds. The molecular weight excluding hydrogens is 326 g/mol. The lowest BCUT2D eigenvalue weighted by atomic mass is 10.1. The molecule has 0 aliphatic rings. The van der Waals surface area contributed by atoms with Gasteiger partial charge in [-0.2, -0.15) is 10.2 Å². The van der Waals surface area contributed by atoms with E-state index >= 15 is 0 Å². The number of hydrogen-bond donors (Lipinski definition) is 0. The first-order chi connectivity index (χ1) is 12.7. The largest absolute Gasteiger partial charge is 0.252 e. The Bertz CT molecular complexity index is 834. The summed E-state index contributed by atoms with van der Waals surface area (Å²) < 4.78 is 0. The molecule has 3 rings (SSSR count). The molecule has 0 spiro atoms. The van der Waals surface area contributed by atoms with Crippen molar-refractivity contribution in [2.45, 2.75) is 53.4 Å². The monoisotopic (exact) mass is 349 g/mol. The predicted octanol–water partition coefficient (Wildman–Crippen LogP) is 3.04. The van der Waals surface area contributed by atoms with Crippen LogP contribution >= 0.6 is 0 Å². The van der Waals surface area contributed by atoms with Gasteiger partial charge < -0.3 is 0 Å². The van der Waals surface area contributed by atoms with Crippen LogP contribution in [0.2, 0.25) is 0 Å². The molecule has 0 atom stereocenters. The highest BCUT2D eigenvalue weighted by molar-refractivity contribution is 5.73. The maximum absolute atomic E-state index is 4.71. The van der Waals surface area contributed by atoms with E-state index in [0.29, 0.717) is 17.3 Å². The smallest absolute Gasteiger partial charge is 0.201 e. The molecule has 0 unspecified atom stereocenters. The summed E-state index contributed by atoms with van der Waals surface area (Å²) >= 11 is 0. The molecule has 0 bridgehead atoms. The number of pyridine rings is 1. The SMILES string of the molecule is CCc1nnc(-c2cccnc2-c2nnc(CC)c(CC)n2)nc1CC. The quantitative estimate of drug-likeness (QED) is 0.675. The average molecular weight is 349 g/mol. The maximum Gasteiger partial charge on any atom is 0.201 e. The fourth-order valence-corrected chi connectivity index (χ4v) is 2.85. The lowest BCUT2D eigenvalue weighted by molar-refractivity contribution is 0.820. The highest BCUT2D eigenvalue weighted by atomic mass is 15.2. The van der Waals surface area contributed by atoms with Crippen molar-refractivity contribution in [3.63, 3.8) is 0 Å². The van der Waals surface area contributed by atoms with E-state index < -0.39 is 0 Å². The molecule has 3 aromatic heterocycles. The molecule has 0 aliphatic carbocycles. The molecule has 7 heteroatoms. The van der Waals surface area contributed by atoms with Gasteiger partial charge in [-0.25, -0.2) is 9.97 Å². The standard InChI is InChI=1S/C19H23N7/c1-5-13-15(7-3)23-25-18(21-13)12-10-9-11-20-17(12)19-22-14(6-2)16(8-4)24-26-19/h9-11H,5-8H2,1-4H3. The first-order valence-electron chi connectivity index (χ1n) is 9.12. The third kappa shape index (κ3) is 3.42. The molecule has 3 aromatic rings. The Morgan fingerprint density at radius 1 is 0.654 bits per heavy atom. The third-order valence-corrected chi connectivity index (χ3v) is 4.28. The fourth-order valence-electron chi connectivity index (χ4n) is 2.85. The van der Waals surface area contributed by atoms with Crippen LogP contribution in [-0.2, 0) is 25.7 Å². The van der Waals surface area contributed by atoms with E-state index in [1.807, 2.05) is 12.1 Å². The van der Waals surface area contributed by atoms with Crippen LogP contribution in [0.1, 0.15) is 50.5 Å². The Kier molecular flexibility index (Phi) is 5.55. The van der Waals surface area contributed by atoms with Crippen molar-refractivity contribution in [1.29, 1.82) is 0 Å². The summed E-state index contributed by atoms with van der Waals surface area (Å²) in [5, 5.41) is 17.3. The van der Waals surface area contributed by atoms with Crippen LogP contribution in [0.15, 0.2) is 18.3 Å². The molecule has 0 radical (unpaired) electrons. The van der Waals surface area contributed by atoms with Crippen LogP contribution in [0.3, 0.4) is 0 Å². The van der Waals surface area contributed by atoms with Gasteiger partial charge in [-0.3, -0.25) is 4.98 Å². The average Bonchev–Trinajstić information content (AvgIpc) is 2.72. The van der Waals surface area contributed by atoms with Crippen molar-refractivity contribution in [1.82, 2.24) is 35.3 Å². The minimum atomic E-state index is 0.496. The van der Waals surface area contributed by atoms with Crippen LogP contribution in [0.4, 0.5) is 0 Å². The van der Waals surface area contributed by atoms with Gasteiger partial charge in [0.15, 0.2) is 5.82 Å². The Labute approximate surface area is 153 Å². The molecule has 26 heavy (non-hydrogen) atoms. The van der Waals surface area contributed by atoms with Crippen molar-refractivity contribution >= 4 is 0 Å². The maximum atomic E-state index is 4.71. The molecule has 134 valence electrons. The molecule has 0 aliphatic heterocycles. The first kappa shape index (κ1) is 18.0. The zero-order valence-electron chi connectivity index (χ0n) is 15.7. The van der Waals surface area contributed by atoms with Crippen LogP contribution in [0.5, 0.6) is 0 Å². The van der Waals surface area contributed by atoms with E-state index in [9.17, 15) is 0 Å². The summed E-state index contributed by atoms with van der Waals surface area (Å²) in [7, 11) is 0. The Morgan fingerprint density at radius 2 is 1.19 bits per heavy atom. The van der Waals surface area contributed by atoms with Gasteiger partial charge >= 0.3 is 0 Å². The summed E-state index contributed by atoms with van der Waals surface area (Å²) in [4.78, 5) is 13.9. The van der Waals surface area contributed by atoms with Crippen molar-refractivity contribution in [2.75, 3.05) is 0 Å². The second-order valence-electron chi connectivity index (χ2n) is 5.87. The summed E-state index contributed by atoms with van der Waals surface area (Å²) in [5.74, 6) is 1.04. The lowest BCUT2D eigenvalue weighted by Gasteiger charge is -2.10. The van der Waals surface area contributed by atoms with Crippen LogP contribution < -0.4 is 0 Å². The van der Waals surface area contributed by atoms with Gasteiger partial charge in [0.1, 0.15) is 5.69 Å². The van der Waals surface area contributed by atoms with E-state index in [1.54, 1.807) is 6.20 Å². The number of aromatic nitrogens is 7. The van der Waals surface area contributed by atoms with Crippen molar-refractivity contribution in [2.24, 2.45) is 0 Å². The second kappa shape index (κ2) is 8.03. The van der Waals surface area contributed by atoms with E-state index in [-0.39, 0.29) is 0 Å². The van der Waals surface area contributed by atoms with E-state index in [1.165, 1.54) is 0 Å². The molecular formula is C19H23N7. The van der Waals surface area contributed by atoms with Gasteiger partial charge in [0.2, 0.25) is 5.82 Å². The molecule has 0 N–H and O–H groups in total. The number of nitrogens with zero attached hydrogens (tertiary/aromatic N) is 7. The zero-order chi connectivity index (χ0) is 18.5. The van der Waals surface area contributed by atoms with E-state index in [0.717, 1.165) is 54.0 Å². The summed E-state index contributed by atoms with van der Waals surface area (Å²) in [5.41, 5.74) is 5.16. The summed E-state index contributed by atoms with van der Waals surface area (Å²) in [6.45, 7) is 8.25. The molecule has 0 fully saturated rings. The van der Waals surface area contributed by atoms with Gasteiger partial charge in [0, 0.05) is 6.20 Å². The Balaban J connectivity index is 2.13. The fraction of sp³-hybridized carbons (Fsp3) is 0.421. The second-order valence-corrected chi connectivity index (χ2v) is 5.87. The first-order valence-corrected chi connectivity index (χ1v) is 9.12. The van der Waals surface area contributed by atoms with Gasteiger partial charge in [-0.15, -0.1) is 10.2 Å². The number of aryl methyl sites for hydroxylation is 4. The van der Waals surface area contributed by atoms with Gasteiger partial charge in [-0.1, -0.05) is 27.7 Å². The van der Waals surface area contributed by atoms with Crippen LogP contribution in [0.25, 0.3) is 22.9 Å². The zero-order valence-corrected chi connectivity index (χ0v) is 15.7. The minimum absolute atomic E-state index is 0.496. The lowest BCUT2D eigenvalue weighted by Crippen LogP contribution is -2.08. The molecule has 7 nitrogen and oxygen atoms in total. The number of rotatable bonds is 6. The molecule has 0 saturated heterocycles. The van der Waals surface area contributed by atoms with E-state index in [2.05, 4.69) is 58.1 Å². The van der Waals surface area contributed by atoms with Gasteiger partial charge in [0.05, 0.1) is 28.3 Å². The third-order valence-electron chi connectivity index (χ3n) is 4.28. The predicted molar refractivity (Wildman–Crippen MR) is 99.4 cm³/mol. The van der Waals surface area contributed by atoms with Crippen molar-refractivity contribution < 1.29 is 0 Å². The summed E-state index contributed by atoms with van der Waals surface area (Å²) in [6.07, 6.45) is 4.95. The summed E-state index contributed by atoms with van der Waals surface area (Å²) in [6, 6.07) is 3.78.